The third-order valence-corrected chi connectivity index (χ3v) is 5.51. The highest BCUT2D eigenvalue weighted by Gasteiger charge is 2.35. The molecule has 1 amide bonds. The number of methoxy groups -OCH3 is 3. The van der Waals surface area contributed by atoms with E-state index in [0.717, 1.165) is 5.56 Å². The lowest BCUT2D eigenvalue weighted by Crippen LogP contribution is -2.28. The summed E-state index contributed by atoms with van der Waals surface area (Å²) in [5.41, 5.74) is 1.27. The van der Waals surface area contributed by atoms with Gasteiger partial charge in [0.05, 0.1) is 27.1 Å². The molecule has 1 aliphatic heterocycles. The molecule has 7 heteroatoms. The van der Waals surface area contributed by atoms with Crippen molar-refractivity contribution in [3.63, 3.8) is 0 Å². The fraction of sp³-hybridized carbons (Fsp3) is 0.316. The average molecular weight is 377 g/mol. The molecule has 26 heavy (non-hydrogen) atoms. The summed E-state index contributed by atoms with van der Waals surface area (Å²) in [4.78, 5) is 14.1. The molecule has 1 aliphatic rings. The lowest BCUT2D eigenvalue weighted by Gasteiger charge is -2.26. The molecule has 1 fully saturated rings. The highest BCUT2D eigenvalue weighted by Crippen LogP contribution is 2.46. The van der Waals surface area contributed by atoms with E-state index in [0.29, 0.717) is 28.6 Å². The highest BCUT2D eigenvalue weighted by molar-refractivity contribution is 8.00. The number of ether oxygens (including phenoxy) is 3. The van der Waals surface area contributed by atoms with Gasteiger partial charge < -0.3 is 19.1 Å². The van der Waals surface area contributed by atoms with Gasteiger partial charge in [-0.1, -0.05) is 18.2 Å². The summed E-state index contributed by atoms with van der Waals surface area (Å²) in [5, 5.41) is -0.295. The Morgan fingerprint density at radius 3 is 2.38 bits per heavy atom. The summed E-state index contributed by atoms with van der Waals surface area (Å²) in [6.45, 7) is 0.195. The van der Waals surface area contributed by atoms with E-state index < -0.39 is 0 Å². The van der Waals surface area contributed by atoms with E-state index in [1.54, 1.807) is 50.5 Å². The maximum Gasteiger partial charge on any atom is 0.234 e. The Morgan fingerprint density at radius 2 is 1.73 bits per heavy atom. The Labute approximate surface area is 156 Å². The van der Waals surface area contributed by atoms with Crippen molar-refractivity contribution in [3.8, 4) is 17.2 Å². The zero-order chi connectivity index (χ0) is 18.7. The number of carbonyl (C=O) groups is 1. The van der Waals surface area contributed by atoms with E-state index in [1.807, 2.05) is 6.07 Å². The number of amides is 1. The first-order chi connectivity index (χ1) is 12.6. The molecule has 1 heterocycles. The number of halogens is 1. The fourth-order valence-electron chi connectivity index (χ4n) is 2.94. The van der Waals surface area contributed by atoms with Gasteiger partial charge in [0.25, 0.3) is 0 Å². The molecule has 0 N–H and O–H groups in total. The summed E-state index contributed by atoms with van der Waals surface area (Å²) < 4.78 is 30.2. The van der Waals surface area contributed by atoms with Crippen molar-refractivity contribution in [1.82, 2.24) is 4.90 Å². The van der Waals surface area contributed by atoms with Crippen LogP contribution in [0.25, 0.3) is 0 Å². The summed E-state index contributed by atoms with van der Waals surface area (Å²) in [6.07, 6.45) is 0. The quantitative estimate of drug-likeness (QED) is 0.769. The number of carbonyl (C=O) groups excluding carboxylic acids is 1. The van der Waals surface area contributed by atoms with Gasteiger partial charge >= 0.3 is 0 Å². The van der Waals surface area contributed by atoms with E-state index in [4.69, 9.17) is 14.2 Å². The topological polar surface area (TPSA) is 48.0 Å². The van der Waals surface area contributed by atoms with Gasteiger partial charge in [-0.2, -0.15) is 0 Å². The lowest BCUT2D eigenvalue weighted by molar-refractivity contribution is -0.128. The number of rotatable bonds is 6. The third-order valence-electron chi connectivity index (χ3n) is 4.27. The standard InChI is InChI=1S/C19H20FNO4S/c1-23-15-9-17(25-3)16(24-2)8-13(15)19-21(18(22)11-26-19)10-12-6-4-5-7-14(12)20/h4-9,19H,10-11H2,1-3H3. The van der Waals surface area contributed by atoms with E-state index in [9.17, 15) is 9.18 Å². The molecule has 2 aromatic carbocycles. The summed E-state index contributed by atoms with van der Waals surface area (Å²) in [6, 6.07) is 10.0. The van der Waals surface area contributed by atoms with Crippen molar-refractivity contribution in [1.29, 1.82) is 0 Å². The van der Waals surface area contributed by atoms with Gasteiger partial charge in [0.1, 0.15) is 16.9 Å². The molecule has 1 unspecified atom stereocenters. The zero-order valence-electron chi connectivity index (χ0n) is 14.8. The molecule has 1 saturated heterocycles. The second-order valence-corrected chi connectivity index (χ2v) is 6.79. The smallest absolute Gasteiger partial charge is 0.234 e. The predicted octanol–water partition coefficient (Wildman–Crippen LogP) is 3.63. The minimum absolute atomic E-state index is 0.0416. The Kier molecular flexibility index (Phi) is 5.56. The Morgan fingerprint density at radius 1 is 1.08 bits per heavy atom. The minimum Gasteiger partial charge on any atom is -0.496 e. The van der Waals surface area contributed by atoms with Crippen LogP contribution < -0.4 is 14.2 Å². The van der Waals surface area contributed by atoms with Crippen LogP contribution in [0.5, 0.6) is 17.2 Å². The summed E-state index contributed by atoms with van der Waals surface area (Å²) >= 11 is 1.48. The van der Waals surface area contributed by atoms with Gasteiger partial charge in [0.2, 0.25) is 5.91 Å². The normalized spacial score (nSPS) is 16.7. The van der Waals surface area contributed by atoms with E-state index in [1.165, 1.54) is 17.8 Å². The molecule has 138 valence electrons. The molecule has 3 rings (SSSR count). The van der Waals surface area contributed by atoms with Gasteiger partial charge in [-0.15, -0.1) is 11.8 Å². The minimum atomic E-state index is -0.324. The fourth-order valence-corrected chi connectivity index (χ4v) is 4.14. The first kappa shape index (κ1) is 18.4. The molecule has 0 aliphatic carbocycles. The maximum absolute atomic E-state index is 14.1. The zero-order valence-corrected chi connectivity index (χ0v) is 15.6. The van der Waals surface area contributed by atoms with Crippen LogP contribution in [-0.2, 0) is 11.3 Å². The van der Waals surface area contributed by atoms with Crippen molar-refractivity contribution < 1.29 is 23.4 Å². The third kappa shape index (κ3) is 3.44. The van der Waals surface area contributed by atoms with Crippen LogP contribution in [0, 0.1) is 5.82 Å². The average Bonchev–Trinajstić information content (AvgIpc) is 3.02. The monoisotopic (exact) mass is 377 g/mol. The molecule has 0 spiro atoms. The first-order valence-corrected chi connectivity index (χ1v) is 9.08. The molecular weight excluding hydrogens is 357 g/mol. The van der Waals surface area contributed by atoms with Crippen LogP contribution in [0.1, 0.15) is 16.5 Å². The number of hydrogen-bond acceptors (Lipinski definition) is 5. The van der Waals surface area contributed by atoms with Crippen LogP contribution in [0.3, 0.4) is 0 Å². The predicted molar refractivity (Wildman–Crippen MR) is 98.2 cm³/mol. The number of nitrogens with zero attached hydrogens (tertiary/aromatic N) is 1. The van der Waals surface area contributed by atoms with Crippen molar-refractivity contribution >= 4 is 17.7 Å². The Hall–Kier alpha value is -2.41. The number of hydrogen-bond donors (Lipinski definition) is 0. The van der Waals surface area contributed by atoms with Crippen molar-refractivity contribution in [2.75, 3.05) is 27.1 Å². The van der Waals surface area contributed by atoms with Crippen LogP contribution in [0.4, 0.5) is 4.39 Å². The second-order valence-electron chi connectivity index (χ2n) is 5.73. The van der Waals surface area contributed by atoms with Crippen LogP contribution in [-0.4, -0.2) is 37.9 Å². The van der Waals surface area contributed by atoms with Crippen LogP contribution in [0.2, 0.25) is 0 Å². The van der Waals surface area contributed by atoms with Crippen LogP contribution in [0.15, 0.2) is 36.4 Å². The largest absolute Gasteiger partial charge is 0.496 e. The van der Waals surface area contributed by atoms with E-state index in [-0.39, 0.29) is 23.6 Å². The van der Waals surface area contributed by atoms with Crippen molar-refractivity contribution in [2.45, 2.75) is 11.9 Å². The van der Waals surface area contributed by atoms with E-state index in [2.05, 4.69) is 0 Å². The maximum atomic E-state index is 14.1. The molecule has 0 saturated carbocycles. The molecule has 2 aromatic rings. The van der Waals surface area contributed by atoms with Crippen molar-refractivity contribution in [2.24, 2.45) is 0 Å². The van der Waals surface area contributed by atoms with Gasteiger partial charge in [-0.25, -0.2) is 4.39 Å². The molecule has 1 atom stereocenters. The molecule has 5 nitrogen and oxygen atoms in total. The summed E-state index contributed by atoms with van der Waals surface area (Å²) in [7, 11) is 4.67. The molecule has 0 aromatic heterocycles. The second kappa shape index (κ2) is 7.86. The number of benzene rings is 2. The van der Waals surface area contributed by atoms with E-state index >= 15 is 0 Å². The Bertz CT molecular complexity index is 814. The van der Waals surface area contributed by atoms with Gasteiger partial charge in [-0.3, -0.25) is 4.79 Å². The van der Waals surface area contributed by atoms with Gasteiger partial charge in [0, 0.05) is 23.7 Å². The molecule has 0 radical (unpaired) electrons. The molecular formula is C19H20FNO4S. The Balaban J connectivity index is 1.99. The van der Waals surface area contributed by atoms with Gasteiger partial charge in [0.15, 0.2) is 11.5 Å². The SMILES string of the molecule is COc1cc(OC)c(C2SCC(=O)N2Cc2ccccc2F)cc1OC. The highest BCUT2D eigenvalue weighted by atomic mass is 32.2. The number of thioether (sulfide) groups is 1. The lowest BCUT2D eigenvalue weighted by atomic mass is 10.1. The molecule has 0 bridgehead atoms. The van der Waals surface area contributed by atoms with Crippen LogP contribution >= 0.6 is 11.8 Å². The van der Waals surface area contributed by atoms with Gasteiger partial charge in [-0.05, 0) is 12.1 Å². The summed E-state index contributed by atoms with van der Waals surface area (Å²) in [5.74, 6) is 1.65. The van der Waals surface area contributed by atoms with Crippen molar-refractivity contribution in [3.05, 3.63) is 53.3 Å². The first-order valence-electron chi connectivity index (χ1n) is 8.03.